The molecule has 0 radical (unpaired) electrons. The Morgan fingerprint density at radius 2 is 1.93 bits per heavy atom. The molecule has 3 aromatic rings. The number of nitrogens with zero attached hydrogens (tertiary/aromatic N) is 1. The summed E-state index contributed by atoms with van der Waals surface area (Å²) in [6.45, 7) is -0.213. The van der Waals surface area contributed by atoms with Crippen LogP contribution < -0.4 is 14.9 Å². The maximum atomic E-state index is 11.8. The molecule has 3 rings (SSSR count). The molecular weight excluding hydrogens is 403 g/mol. The number of para-hydroxylation sites is 1. The summed E-state index contributed by atoms with van der Waals surface area (Å²) in [4.78, 5) is 11.8. The molecule has 28 heavy (non-hydrogen) atoms. The minimum absolute atomic E-state index is 0.213. The van der Waals surface area contributed by atoms with Crippen molar-refractivity contribution in [2.45, 2.75) is 0 Å². The molecule has 1 heterocycles. The van der Waals surface area contributed by atoms with Gasteiger partial charge in [-0.25, -0.2) is 5.43 Å². The molecule has 0 atom stereocenters. The molecule has 1 aromatic heterocycles. The van der Waals surface area contributed by atoms with Crippen LogP contribution in [-0.2, 0) is 4.79 Å². The van der Waals surface area contributed by atoms with Crippen molar-refractivity contribution in [3.63, 3.8) is 0 Å². The Morgan fingerprint density at radius 1 is 1.11 bits per heavy atom. The first kappa shape index (κ1) is 19.8. The molecule has 144 valence electrons. The fourth-order valence-corrected chi connectivity index (χ4v) is 2.75. The van der Waals surface area contributed by atoms with E-state index in [4.69, 9.17) is 37.1 Å². The Hall–Kier alpha value is -2.96. The number of hydrogen-bond donors (Lipinski definition) is 1. The van der Waals surface area contributed by atoms with Crippen LogP contribution >= 0.6 is 23.2 Å². The zero-order valence-corrected chi connectivity index (χ0v) is 16.3. The first-order valence-electron chi connectivity index (χ1n) is 8.20. The van der Waals surface area contributed by atoms with Crippen molar-refractivity contribution in [1.82, 2.24) is 5.43 Å². The van der Waals surface area contributed by atoms with Crippen LogP contribution in [0, 0.1) is 0 Å². The highest BCUT2D eigenvalue weighted by Gasteiger charge is 2.08. The Labute approximate surface area is 171 Å². The van der Waals surface area contributed by atoms with Crippen LogP contribution in [0.1, 0.15) is 5.76 Å². The molecule has 0 aliphatic heterocycles. The van der Waals surface area contributed by atoms with Crippen molar-refractivity contribution in [1.29, 1.82) is 0 Å². The number of furan rings is 1. The molecule has 0 spiro atoms. The van der Waals surface area contributed by atoms with Crippen molar-refractivity contribution < 1.29 is 18.7 Å². The molecule has 0 saturated carbocycles. The Kier molecular flexibility index (Phi) is 6.57. The lowest BCUT2D eigenvalue weighted by molar-refractivity contribution is -0.123. The predicted molar refractivity (Wildman–Crippen MR) is 108 cm³/mol. The van der Waals surface area contributed by atoms with Crippen LogP contribution in [0.15, 0.2) is 64.1 Å². The van der Waals surface area contributed by atoms with Gasteiger partial charge in [-0.3, -0.25) is 4.79 Å². The third-order valence-electron chi connectivity index (χ3n) is 3.64. The number of hydrogen-bond acceptors (Lipinski definition) is 5. The Balaban J connectivity index is 1.54. The van der Waals surface area contributed by atoms with E-state index in [1.54, 1.807) is 55.6 Å². The first-order chi connectivity index (χ1) is 13.6. The molecule has 2 aromatic carbocycles. The van der Waals surface area contributed by atoms with Gasteiger partial charge in [0.2, 0.25) is 0 Å². The maximum Gasteiger partial charge on any atom is 0.277 e. The zero-order chi connectivity index (χ0) is 19.9. The minimum atomic E-state index is -0.426. The van der Waals surface area contributed by atoms with Crippen molar-refractivity contribution in [3.8, 4) is 22.8 Å². The van der Waals surface area contributed by atoms with Gasteiger partial charge >= 0.3 is 0 Å². The van der Waals surface area contributed by atoms with Crippen molar-refractivity contribution in [2.75, 3.05) is 13.7 Å². The van der Waals surface area contributed by atoms with Crippen LogP contribution in [0.2, 0.25) is 10.0 Å². The number of ether oxygens (including phenoxy) is 2. The number of halogens is 2. The average molecular weight is 419 g/mol. The number of nitrogens with one attached hydrogen (secondary N) is 1. The standard InChI is InChI=1S/C20H16Cl2N2O4/c1-26-18-8-6-13(10-16(18)22)17-9-7-14(28-17)11-23-24-20(25)12-27-19-5-3-2-4-15(19)21/h2-11H,12H2,1H3,(H,24,25). The average Bonchev–Trinajstić information content (AvgIpc) is 3.16. The number of rotatable bonds is 7. The molecule has 8 heteroatoms. The van der Waals surface area contributed by atoms with Gasteiger partial charge < -0.3 is 13.9 Å². The first-order valence-corrected chi connectivity index (χ1v) is 8.95. The van der Waals surface area contributed by atoms with Crippen molar-refractivity contribution >= 4 is 35.3 Å². The quantitative estimate of drug-likeness (QED) is 0.442. The van der Waals surface area contributed by atoms with Crippen LogP contribution in [0.5, 0.6) is 11.5 Å². The van der Waals surface area contributed by atoms with E-state index >= 15 is 0 Å². The predicted octanol–water partition coefficient (Wildman–Crippen LogP) is 4.79. The van der Waals surface area contributed by atoms with Gasteiger partial charge in [-0.1, -0.05) is 35.3 Å². The van der Waals surface area contributed by atoms with Gasteiger partial charge in [0, 0.05) is 5.56 Å². The molecular formula is C20H16Cl2N2O4. The highest BCUT2D eigenvalue weighted by molar-refractivity contribution is 6.32. The fourth-order valence-electron chi connectivity index (χ4n) is 2.30. The van der Waals surface area contributed by atoms with Crippen molar-refractivity contribution in [3.05, 3.63) is 70.4 Å². The number of carbonyl (C=O) groups excluding carboxylic acids is 1. The van der Waals surface area contributed by atoms with Crippen LogP contribution in [-0.4, -0.2) is 25.8 Å². The third-order valence-corrected chi connectivity index (χ3v) is 4.25. The minimum Gasteiger partial charge on any atom is -0.495 e. The lowest BCUT2D eigenvalue weighted by Gasteiger charge is -2.06. The fraction of sp³-hybridized carbons (Fsp3) is 0.100. The van der Waals surface area contributed by atoms with Gasteiger partial charge in [0.25, 0.3) is 5.91 Å². The molecule has 0 aliphatic carbocycles. The lowest BCUT2D eigenvalue weighted by Crippen LogP contribution is -2.24. The summed E-state index contributed by atoms with van der Waals surface area (Å²) in [5.74, 6) is 1.66. The monoisotopic (exact) mass is 418 g/mol. The summed E-state index contributed by atoms with van der Waals surface area (Å²) in [5.41, 5.74) is 3.15. The van der Waals surface area contributed by atoms with E-state index in [1.165, 1.54) is 6.21 Å². The summed E-state index contributed by atoms with van der Waals surface area (Å²) >= 11 is 12.1. The molecule has 1 N–H and O–H groups in total. The van der Waals surface area contributed by atoms with Gasteiger partial charge in [-0.05, 0) is 42.5 Å². The third kappa shape index (κ3) is 5.06. The molecule has 0 bridgehead atoms. The van der Waals surface area contributed by atoms with E-state index in [0.717, 1.165) is 5.56 Å². The number of hydrazone groups is 1. The van der Waals surface area contributed by atoms with E-state index in [0.29, 0.717) is 33.1 Å². The summed E-state index contributed by atoms with van der Waals surface area (Å²) in [7, 11) is 1.55. The number of benzene rings is 2. The highest BCUT2D eigenvalue weighted by atomic mass is 35.5. The maximum absolute atomic E-state index is 11.8. The normalized spacial score (nSPS) is 10.8. The highest BCUT2D eigenvalue weighted by Crippen LogP contribution is 2.30. The van der Waals surface area contributed by atoms with Crippen LogP contribution in [0.4, 0.5) is 0 Å². The molecule has 0 aliphatic rings. The van der Waals surface area contributed by atoms with E-state index in [2.05, 4.69) is 10.5 Å². The lowest BCUT2D eigenvalue weighted by atomic mass is 10.2. The number of amides is 1. The number of methoxy groups -OCH3 is 1. The molecule has 6 nitrogen and oxygen atoms in total. The summed E-state index contributed by atoms with van der Waals surface area (Å²) in [5, 5.41) is 4.77. The van der Waals surface area contributed by atoms with Gasteiger partial charge in [-0.2, -0.15) is 5.10 Å². The van der Waals surface area contributed by atoms with Gasteiger partial charge in [0.1, 0.15) is 23.0 Å². The van der Waals surface area contributed by atoms with E-state index in [9.17, 15) is 4.79 Å². The second-order valence-electron chi connectivity index (χ2n) is 5.56. The summed E-state index contributed by atoms with van der Waals surface area (Å²) < 4.78 is 16.1. The summed E-state index contributed by atoms with van der Waals surface area (Å²) in [6.07, 6.45) is 1.39. The molecule has 0 fully saturated rings. The molecule has 0 unspecified atom stereocenters. The van der Waals surface area contributed by atoms with Crippen molar-refractivity contribution in [2.24, 2.45) is 5.10 Å². The summed E-state index contributed by atoms with van der Waals surface area (Å²) in [6, 6.07) is 15.7. The van der Waals surface area contributed by atoms with Crippen LogP contribution in [0.3, 0.4) is 0 Å². The molecule has 1 amide bonds. The van der Waals surface area contributed by atoms with Gasteiger partial charge in [-0.15, -0.1) is 0 Å². The Bertz CT molecular complexity index is 1000. The van der Waals surface area contributed by atoms with Gasteiger partial charge in [0.05, 0.1) is 23.4 Å². The number of carbonyl (C=O) groups is 1. The van der Waals surface area contributed by atoms with Crippen LogP contribution in [0.25, 0.3) is 11.3 Å². The van der Waals surface area contributed by atoms with E-state index in [1.807, 2.05) is 6.07 Å². The molecule has 0 saturated heterocycles. The largest absolute Gasteiger partial charge is 0.495 e. The zero-order valence-electron chi connectivity index (χ0n) is 14.8. The SMILES string of the molecule is COc1ccc(-c2ccc(C=NNC(=O)COc3ccccc3Cl)o2)cc1Cl. The van der Waals surface area contributed by atoms with E-state index < -0.39 is 5.91 Å². The Morgan fingerprint density at radius 3 is 2.68 bits per heavy atom. The van der Waals surface area contributed by atoms with Gasteiger partial charge in [0.15, 0.2) is 6.61 Å². The second kappa shape index (κ2) is 9.30. The second-order valence-corrected chi connectivity index (χ2v) is 6.38. The topological polar surface area (TPSA) is 73.1 Å². The smallest absolute Gasteiger partial charge is 0.277 e. The van der Waals surface area contributed by atoms with E-state index in [-0.39, 0.29) is 6.61 Å².